The molecule has 0 aliphatic heterocycles. The van der Waals surface area contributed by atoms with E-state index in [1.54, 1.807) is 0 Å². The number of rotatable bonds is 7. The number of halogens is 1. The third kappa shape index (κ3) is 9.39. The zero-order valence-electron chi connectivity index (χ0n) is 9.98. The Bertz CT molecular complexity index is 247. The van der Waals surface area contributed by atoms with E-state index in [2.05, 4.69) is 26.8 Å². The van der Waals surface area contributed by atoms with Crippen molar-refractivity contribution >= 4 is 5.78 Å². The molecule has 1 nitrogen and oxygen atoms in total. The van der Waals surface area contributed by atoms with Gasteiger partial charge in [0, 0.05) is 6.42 Å². The summed E-state index contributed by atoms with van der Waals surface area (Å²) >= 11 is 0. The van der Waals surface area contributed by atoms with Crippen LogP contribution in [-0.4, -0.2) is 12.5 Å². The van der Waals surface area contributed by atoms with Crippen molar-refractivity contribution in [1.82, 2.24) is 0 Å². The zero-order valence-corrected chi connectivity index (χ0v) is 9.98. The summed E-state index contributed by atoms with van der Waals surface area (Å²) in [4.78, 5) is 10.7. The number of allylic oxidation sites excluding steroid dienone is 4. The molecule has 0 aliphatic carbocycles. The Kier molecular flexibility index (Phi) is 7.88. The first-order valence-corrected chi connectivity index (χ1v) is 5.43. The van der Waals surface area contributed by atoms with Crippen molar-refractivity contribution < 1.29 is 9.18 Å². The first kappa shape index (κ1) is 14.1. The molecular weight excluding hydrogens is 191 g/mol. The fourth-order valence-corrected chi connectivity index (χ4v) is 1.24. The Morgan fingerprint density at radius 2 is 1.67 bits per heavy atom. The molecule has 0 rings (SSSR count). The Labute approximate surface area is 92.1 Å². The van der Waals surface area contributed by atoms with Gasteiger partial charge >= 0.3 is 0 Å². The second-order valence-electron chi connectivity index (χ2n) is 4.08. The summed E-state index contributed by atoms with van der Waals surface area (Å²) in [6.07, 6.45) is 7.30. The van der Waals surface area contributed by atoms with Crippen LogP contribution < -0.4 is 0 Å². The predicted octanol–water partition coefficient (Wildman–Crippen LogP) is 4.00. The predicted molar refractivity (Wildman–Crippen MR) is 62.6 cm³/mol. The minimum atomic E-state index is -0.829. The minimum Gasteiger partial charge on any atom is -0.297 e. The quantitative estimate of drug-likeness (QED) is 0.583. The number of alkyl halides is 1. The van der Waals surface area contributed by atoms with Crippen LogP contribution in [-0.2, 0) is 4.79 Å². The lowest BCUT2D eigenvalue weighted by Crippen LogP contribution is -1.98. The van der Waals surface area contributed by atoms with Crippen molar-refractivity contribution in [1.29, 1.82) is 0 Å². The van der Waals surface area contributed by atoms with E-state index in [0.29, 0.717) is 12.8 Å². The monoisotopic (exact) mass is 212 g/mol. The van der Waals surface area contributed by atoms with Crippen molar-refractivity contribution in [3.63, 3.8) is 0 Å². The molecule has 0 N–H and O–H groups in total. The molecule has 86 valence electrons. The average Bonchev–Trinajstić information content (AvgIpc) is 2.17. The van der Waals surface area contributed by atoms with Gasteiger partial charge in [0.15, 0.2) is 5.78 Å². The van der Waals surface area contributed by atoms with Gasteiger partial charge < -0.3 is 0 Å². The first-order chi connectivity index (χ1) is 7.06. The number of hydrogen-bond donors (Lipinski definition) is 0. The van der Waals surface area contributed by atoms with Crippen LogP contribution in [0.25, 0.3) is 0 Å². The molecule has 0 amide bonds. The average molecular weight is 212 g/mol. The molecule has 2 heteroatoms. The summed E-state index contributed by atoms with van der Waals surface area (Å²) in [7, 11) is 0. The highest BCUT2D eigenvalue weighted by molar-refractivity contribution is 5.79. The van der Waals surface area contributed by atoms with Crippen LogP contribution in [0.1, 0.15) is 46.5 Å². The molecule has 0 fully saturated rings. The molecule has 0 radical (unpaired) electrons. The first-order valence-electron chi connectivity index (χ1n) is 5.43. The largest absolute Gasteiger partial charge is 0.297 e. The lowest BCUT2D eigenvalue weighted by molar-refractivity contribution is -0.119. The highest BCUT2D eigenvalue weighted by Crippen LogP contribution is 2.08. The van der Waals surface area contributed by atoms with E-state index in [4.69, 9.17) is 0 Å². The van der Waals surface area contributed by atoms with Crippen LogP contribution in [0.5, 0.6) is 0 Å². The summed E-state index contributed by atoms with van der Waals surface area (Å²) in [5.41, 5.74) is 2.61. The number of Topliss-reactive ketones (excluding diaryl/α,β-unsaturated/α-hetero) is 1. The molecule has 0 spiro atoms. The fraction of sp³-hybridized carbons (Fsp3) is 0.615. The van der Waals surface area contributed by atoms with Crippen LogP contribution >= 0.6 is 0 Å². The second-order valence-corrected chi connectivity index (χ2v) is 4.08. The number of ketones is 1. The molecule has 0 atom stereocenters. The molecule has 0 heterocycles. The van der Waals surface area contributed by atoms with Crippen molar-refractivity contribution in [3.05, 3.63) is 23.3 Å². The van der Waals surface area contributed by atoms with Gasteiger partial charge in [0.2, 0.25) is 0 Å². The van der Waals surface area contributed by atoms with E-state index in [1.165, 1.54) is 11.1 Å². The molecule has 0 saturated carbocycles. The topological polar surface area (TPSA) is 17.1 Å². The van der Waals surface area contributed by atoms with Gasteiger partial charge in [0.05, 0.1) is 0 Å². The number of carbonyl (C=O) groups is 1. The van der Waals surface area contributed by atoms with E-state index < -0.39 is 6.67 Å². The van der Waals surface area contributed by atoms with Gasteiger partial charge in [-0.05, 0) is 40.0 Å². The highest BCUT2D eigenvalue weighted by atomic mass is 19.1. The van der Waals surface area contributed by atoms with E-state index >= 15 is 0 Å². The standard InChI is InChI=1S/C13H21FO/c1-11(2)6-4-7-12(3)8-5-9-13(15)10-14/h6,8H,4-5,7,9-10H2,1-3H3/b12-8+. The molecule has 15 heavy (non-hydrogen) atoms. The van der Waals surface area contributed by atoms with Crippen molar-refractivity contribution in [2.45, 2.75) is 46.5 Å². The normalized spacial score (nSPS) is 11.3. The van der Waals surface area contributed by atoms with Gasteiger partial charge in [0.1, 0.15) is 6.67 Å². The summed E-state index contributed by atoms with van der Waals surface area (Å²) in [6, 6.07) is 0. The summed E-state index contributed by atoms with van der Waals surface area (Å²) in [5, 5.41) is 0. The van der Waals surface area contributed by atoms with E-state index in [9.17, 15) is 9.18 Å². The van der Waals surface area contributed by atoms with Gasteiger partial charge in [0.25, 0.3) is 0 Å². The van der Waals surface area contributed by atoms with E-state index in [-0.39, 0.29) is 5.78 Å². The van der Waals surface area contributed by atoms with E-state index in [1.807, 2.05) is 6.08 Å². The van der Waals surface area contributed by atoms with Crippen molar-refractivity contribution in [2.75, 3.05) is 6.67 Å². The van der Waals surface area contributed by atoms with Crippen LogP contribution in [0.15, 0.2) is 23.3 Å². The maximum absolute atomic E-state index is 11.8. The Balaban J connectivity index is 3.70. The zero-order chi connectivity index (χ0) is 11.7. The van der Waals surface area contributed by atoms with Crippen molar-refractivity contribution in [2.24, 2.45) is 0 Å². The molecule has 0 aromatic carbocycles. The number of hydrogen-bond acceptors (Lipinski definition) is 1. The third-order valence-corrected chi connectivity index (χ3v) is 2.16. The molecule has 0 bridgehead atoms. The smallest absolute Gasteiger partial charge is 0.164 e. The Morgan fingerprint density at radius 3 is 2.20 bits per heavy atom. The van der Waals surface area contributed by atoms with Gasteiger partial charge in [-0.1, -0.05) is 23.3 Å². The minimum absolute atomic E-state index is 0.302. The van der Waals surface area contributed by atoms with Crippen LogP contribution in [0, 0.1) is 0 Å². The lowest BCUT2D eigenvalue weighted by Gasteiger charge is -1.98. The molecule has 0 aromatic rings. The van der Waals surface area contributed by atoms with Crippen LogP contribution in [0.3, 0.4) is 0 Å². The summed E-state index contributed by atoms with van der Waals surface area (Å²) < 4.78 is 11.8. The maximum atomic E-state index is 11.8. The number of carbonyl (C=O) groups excluding carboxylic acids is 1. The SMILES string of the molecule is CC(C)=CCC/C(C)=C/CCC(=O)CF. The molecule has 0 saturated heterocycles. The van der Waals surface area contributed by atoms with E-state index in [0.717, 1.165) is 12.8 Å². The maximum Gasteiger partial charge on any atom is 0.164 e. The summed E-state index contributed by atoms with van der Waals surface area (Å²) in [6.45, 7) is 5.39. The Morgan fingerprint density at radius 1 is 1.07 bits per heavy atom. The van der Waals surface area contributed by atoms with Gasteiger partial charge in [-0.15, -0.1) is 0 Å². The van der Waals surface area contributed by atoms with Gasteiger partial charge in [-0.3, -0.25) is 4.79 Å². The Hall–Kier alpha value is -0.920. The van der Waals surface area contributed by atoms with Gasteiger partial charge in [-0.25, -0.2) is 4.39 Å². The summed E-state index contributed by atoms with van der Waals surface area (Å²) in [5.74, 6) is -0.302. The van der Waals surface area contributed by atoms with Crippen LogP contribution in [0.2, 0.25) is 0 Å². The van der Waals surface area contributed by atoms with Crippen molar-refractivity contribution in [3.8, 4) is 0 Å². The van der Waals surface area contributed by atoms with Gasteiger partial charge in [-0.2, -0.15) is 0 Å². The fourth-order valence-electron chi connectivity index (χ4n) is 1.24. The lowest BCUT2D eigenvalue weighted by atomic mass is 10.1. The molecule has 0 aliphatic rings. The van der Waals surface area contributed by atoms with Crippen LogP contribution in [0.4, 0.5) is 4.39 Å². The molecular formula is C13H21FO. The second kappa shape index (κ2) is 8.39. The highest BCUT2D eigenvalue weighted by Gasteiger charge is 1.98. The molecule has 0 unspecified atom stereocenters. The third-order valence-electron chi connectivity index (χ3n) is 2.16. The molecule has 0 aromatic heterocycles.